The smallest absolute Gasteiger partial charge is 0.191 e. The summed E-state index contributed by atoms with van der Waals surface area (Å²) in [5, 5.41) is 9.17. The zero-order chi connectivity index (χ0) is 14.9. The molecule has 0 fully saturated rings. The van der Waals surface area contributed by atoms with Gasteiger partial charge in [-0.15, -0.1) is 24.0 Å². The molecule has 0 saturated carbocycles. The summed E-state index contributed by atoms with van der Waals surface area (Å²) in [6.07, 6.45) is 2.11. The first-order valence-corrected chi connectivity index (χ1v) is 8.71. The molecule has 0 aliphatic carbocycles. The second-order valence-corrected chi connectivity index (χ2v) is 5.78. The van der Waals surface area contributed by atoms with Crippen LogP contribution in [-0.4, -0.2) is 31.1 Å². The van der Waals surface area contributed by atoms with Crippen LogP contribution in [0.2, 0.25) is 0 Å². The summed E-state index contributed by atoms with van der Waals surface area (Å²) in [5.41, 5.74) is 1.23. The van der Waals surface area contributed by atoms with E-state index in [9.17, 15) is 0 Å². The molecule has 120 valence electrons. The molecule has 0 amide bonds. The maximum absolute atomic E-state index is 4.65. The minimum Gasteiger partial charge on any atom is -0.357 e. The molecule has 3 nitrogen and oxygen atoms in total. The molecule has 2 rings (SSSR count). The number of thioether (sulfide) groups is 1. The van der Waals surface area contributed by atoms with Crippen molar-refractivity contribution in [3.8, 4) is 0 Å². The van der Waals surface area contributed by atoms with Crippen LogP contribution in [0.3, 0.4) is 0 Å². The molecule has 0 aliphatic heterocycles. The number of guanidine groups is 1. The Morgan fingerprint density at radius 2 is 1.86 bits per heavy atom. The summed E-state index contributed by atoms with van der Waals surface area (Å²) in [6, 6.07) is 14.9. The van der Waals surface area contributed by atoms with Gasteiger partial charge in [-0.05, 0) is 35.6 Å². The first-order valence-electron chi connectivity index (χ1n) is 7.32. The van der Waals surface area contributed by atoms with Gasteiger partial charge in [0, 0.05) is 18.8 Å². The highest BCUT2D eigenvalue weighted by Crippen LogP contribution is 2.16. The molecule has 0 aliphatic rings. The van der Waals surface area contributed by atoms with E-state index < -0.39 is 0 Å². The van der Waals surface area contributed by atoms with Gasteiger partial charge in [0.05, 0.1) is 6.54 Å². The molecular formula is C17H24IN3S. The largest absolute Gasteiger partial charge is 0.357 e. The lowest BCUT2D eigenvalue weighted by molar-refractivity contribution is 0.843. The third kappa shape index (κ3) is 6.04. The predicted molar refractivity (Wildman–Crippen MR) is 111 cm³/mol. The van der Waals surface area contributed by atoms with Crippen LogP contribution in [0.25, 0.3) is 10.8 Å². The number of rotatable bonds is 6. The highest BCUT2D eigenvalue weighted by molar-refractivity contribution is 14.0. The molecule has 0 atom stereocenters. The van der Waals surface area contributed by atoms with E-state index in [4.69, 9.17) is 0 Å². The van der Waals surface area contributed by atoms with E-state index in [-0.39, 0.29) is 24.0 Å². The Labute approximate surface area is 154 Å². The fourth-order valence-electron chi connectivity index (χ4n) is 2.12. The Morgan fingerprint density at radius 3 is 2.59 bits per heavy atom. The number of fused-ring (bicyclic) bond motifs is 1. The highest BCUT2D eigenvalue weighted by Gasteiger charge is 1.98. The fourth-order valence-corrected chi connectivity index (χ4v) is 2.43. The van der Waals surface area contributed by atoms with Crippen molar-refractivity contribution < 1.29 is 0 Å². The molecule has 0 saturated heterocycles. The third-order valence-electron chi connectivity index (χ3n) is 3.18. The van der Waals surface area contributed by atoms with Crippen LogP contribution in [0.5, 0.6) is 0 Å². The Morgan fingerprint density at radius 1 is 1.09 bits per heavy atom. The van der Waals surface area contributed by atoms with E-state index in [0.717, 1.165) is 24.8 Å². The van der Waals surface area contributed by atoms with Crippen LogP contribution in [0.4, 0.5) is 0 Å². The number of benzene rings is 2. The molecule has 0 radical (unpaired) electrons. The fraction of sp³-hybridized carbons (Fsp3) is 0.353. The first-order chi connectivity index (χ1) is 10.3. The molecule has 0 unspecified atom stereocenters. The minimum absolute atomic E-state index is 0. The molecule has 0 bridgehead atoms. The van der Waals surface area contributed by atoms with Crippen LogP contribution in [0, 0.1) is 0 Å². The van der Waals surface area contributed by atoms with E-state index in [1.54, 1.807) is 0 Å². The number of halogens is 1. The van der Waals surface area contributed by atoms with Crippen molar-refractivity contribution in [2.45, 2.75) is 13.5 Å². The van der Waals surface area contributed by atoms with Crippen molar-refractivity contribution in [1.29, 1.82) is 0 Å². The van der Waals surface area contributed by atoms with Gasteiger partial charge < -0.3 is 10.6 Å². The lowest BCUT2D eigenvalue weighted by Crippen LogP contribution is -2.38. The van der Waals surface area contributed by atoms with E-state index in [1.807, 2.05) is 11.8 Å². The van der Waals surface area contributed by atoms with Gasteiger partial charge in [0.25, 0.3) is 0 Å². The average molecular weight is 429 g/mol. The van der Waals surface area contributed by atoms with Gasteiger partial charge in [-0.3, -0.25) is 0 Å². The van der Waals surface area contributed by atoms with Gasteiger partial charge in [0.2, 0.25) is 0 Å². The summed E-state index contributed by atoms with van der Waals surface area (Å²) in [7, 11) is 0. The Kier molecular flexibility index (Phi) is 9.31. The zero-order valence-electron chi connectivity index (χ0n) is 13.1. The van der Waals surface area contributed by atoms with Gasteiger partial charge in [-0.2, -0.15) is 11.8 Å². The van der Waals surface area contributed by atoms with Crippen LogP contribution in [0.1, 0.15) is 12.5 Å². The normalized spacial score (nSPS) is 11.1. The Hall–Kier alpha value is -0.950. The topological polar surface area (TPSA) is 36.4 Å². The SMILES string of the molecule is CCNC(=NCc1ccc2ccccc2c1)NCCSC.I. The van der Waals surface area contributed by atoms with Gasteiger partial charge in [0.15, 0.2) is 5.96 Å². The van der Waals surface area contributed by atoms with E-state index in [2.05, 4.69) is 71.3 Å². The van der Waals surface area contributed by atoms with Crippen molar-refractivity contribution in [3.05, 3.63) is 48.0 Å². The van der Waals surface area contributed by atoms with Crippen molar-refractivity contribution in [2.24, 2.45) is 4.99 Å². The summed E-state index contributed by atoms with van der Waals surface area (Å²) < 4.78 is 0. The summed E-state index contributed by atoms with van der Waals surface area (Å²) >= 11 is 1.83. The van der Waals surface area contributed by atoms with Gasteiger partial charge in [0.1, 0.15) is 0 Å². The molecule has 0 spiro atoms. The second kappa shape index (κ2) is 10.7. The molecular weight excluding hydrogens is 405 g/mol. The maximum atomic E-state index is 4.65. The minimum atomic E-state index is 0. The number of nitrogens with one attached hydrogen (secondary N) is 2. The molecule has 0 heterocycles. The van der Waals surface area contributed by atoms with Crippen molar-refractivity contribution in [1.82, 2.24) is 10.6 Å². The van der Waals surface area contributed by atoms with E-state index >= 15 is 0 Å². The molecule has 5 heteroatoms. The summed E-state index contributed by atoms with van der Waals surface area (Å²) in [4.78, 5) is 4.65. The Balaban J connectivity index is 0.00000242. The van der Waals surface area contributed by atoms with Crippen molar-refractivity contribution in [2.75, 3.05) is 25.1 Å². The molecule has 0 aromatic heterocycles. The lowest BCUT2D eigenvalue weighted by atomic mass is 10.1. The summed E-state index contributed by atoms with van der Waals surface area (Å²) in [5.74, 6) is 1.97. The third-order valence-corrected chi connectivity index (χ3v) is 3.79. The van der Waals surface area contributed by atoms with Gasteiger partial charge in [-0.25, -0.2) is 4.99 Å². The molecule has 2 N–H and O–H groups in total. The standard InChI is InChI=1S/C17H23N3S.HI/c1-3-18-17(19-10-11-21-2)20-13-14-8-9-15-6-4-5-7-16(15)12-14;/h4-9,12H,3,10-11,13H2,1-2H3,(H2,18,19,20);1H. The number of aliphatic imine (C=N–C) groups is 1. The monoisotopic (exact) mass is 429 g/mol. The first kappa shape index (κ1) is 19.1. The number of hydrogen-bond donors (Lipinski definition) is 2. The van der Waals surface area contributed by atoms with E-state index in [1.165, 1.54) is 16.3 Å². The van der Waals surface area contributed by atoms with Crippen molar-refractivity contribution in [3.63, 3.8) is 0 Å². The van der Waals surface area contributed by atoms with Gasteiger partial charge in [-0.1, -0.05) is 36.4 Å². The van der Waals surface area contributed by atoms with Crippen LogP contribution in [-0.2, 0) is 6.54 Å². The molecule has 2 aromatic carbocycles. The van der Waals surface area contributed by atoms with Crippen LogP contribution >= 0.6 is 35.7 Å². The summed E-state index contributed by atoms with van der Waals surface area (Å²) in [6.45, 7) is 4.59. The van der Waals surface area contributed by atoms with E-state index in [0.29, 0.717) is 6.54 Å². The number of nitrogens with zero attached hydrogens (tertiary/aromatic N) is 1. The number of hydrogen-bond acceptors (Lipinski definition) is 2. The molecule has 2 aromatic rings. The average Bonchev–Trinajstić information content (AvgIpc) is 2.52. The molecule has 22 heavy (non-hydrogen) atoms. The Bertz CT molecular complexity index is 601. The maximum Gasteiger partial charge on any atom is 0.191 e. The van der Waals surface area contributed by atoms with Gasteiger partial charge >= 0.3 is 0 Å². The van der Waals surface area contributed by atoms with Crippen LogP contribution < -0.4 is 10.6 Å². The highest BCUT2D eigenvalue weighted by atomic mass is 127. The van der Waals surface area contributed by atoms with Crippen LogP contribution in [0.15, 0.2) is 47.5 Å². The zero-order valence-corrected chi connectivity index (χ0v) is 16.3. The predicted octanol–water partition coefficient (Wildman–Crippen LogP) is 3.88. The lowest BCUT2D eigenvalue weighted by Gasteiger charge is -2.10. The quantitative estimate of drug-likeness (QED) is 0.317. The second-order valence-electron chi connectivity index (χ2n) is 4.80. The van der Waals surface area contributed by atoms with Crippen molar-refractivity contribution >= 4 is 52.5 Å².